The number of aromatic nitrogens is 1. The second-order valence-electron chi connectivity index (χ2n) is 6.72. The summed E-state index contributed by atoms with van der Waals surface area (Å²) in [5.74, 6) is 2.33. The third-order valence-corrected chi connectivity index (χ3v) is 6.05. The van der Waals surface area contributed by atoms with E-state index in [4.69, 9.17) is 4.74 Å². The number of carbonyl (C=O) groups is 1. The fourth-order valence-corrected chi connectivity index (χ4v) is 4.52. The molecule has 4 rings (SSSR count). The summed E-state index contributed by atoms with van der Waals surface area (Å²) in [6.45, 7) is 2.34. The Morgan fingerprint density at radius 2 is 2.00 bits per heavy atom. The van der Waals surface area contributed by atoms with Crippen LogP contribution in [0.3, 0.4) is 0 Å². The molecule has 0 radical (unpaired) electrons. The molecule has 2 fully saturated rings. The number of para-hydroxylation sites is 1. The van der Waals surface area contributed by atoms with Crippen LogP contribution in [0.25, 0.3) is 0 Å². The number of piperazine rings is 1. The zero-order chi connectivity index (χ0) is 18.6. The third-order valence-electron chi connectivity index (χ3n) is 4.92. The molecule has 2 aromatic rings. The minimum absolute atomic E-state index is 0.0313. The number of halogens is 1. The molecule has 1 aromatic heterocycles. The van der Waals surface area contributed by atoms with Gasteiger partial charge in [-0.3, -0.25) is 4.79 Å². The Morgan fingerprint density at radius 1 is 1.19 bits per heavy atom. The molecule has 0 bridgehead atoms. The van der Waals surface area contributed by atoms with Gasteiger partial charge in [-0.05, 0) is 30.4 Å². The highest BCUT2D eigenvalue weighted by Crippen LogP contribution is 2.24. The van der Waals surface area contributed by atoms with Crippen LogP contribution in [0.2, 0.25) is 0 Å². The summed E-state index contributed by atoms with van der Waals surface area (Å²) in [6, 6.07) is 10.2. The van der Waals surface area contributed by atoms with Gasteiger partial charge in [0.05, 0.1) is 5.69 Å². The smallest absolute Gasteiger partial charge is 0.254 e. The highest BCUT2D eigenvalue weighted by Gasteiger charge is 2.24. The summed E-state index contributed by atoms with van der Waals surface area (Å²) < 4.78 is 19.9. The van der Waals surface area contributed by atoms with Crippen LogP contribution >= 0.6 is 11.8 Å². The molecule has 0 spiro atoms. The number of amides is 1. The first-order valence-corrected chi connectivity index (χ1v) is 10.4. The number of carbonyl (C=O) groups excluding carboxylic acids is 1. The number of hydrogen-bond donors (Lipinski definition) is 0. The van der Waals surface area contributed by atoms with Gasteiger partial charge >= 0.3 is 0 Å². The number of rotatable bonds is 4. The monoisotopic (exact) mass is 387 g/mol. The summed E-state index contributed by atoms with van der Waals surface area (Å²) in [5.41, 5.74) is 1.18. The number of hydrogen-bond acceptors (Lipinski definition) is 5. The Balaban J connectivity index is 1.38. The van der Waals surface area contributed by atoms with Crippen LogP contribution in [0.15, 0.2) is 42.6 Å². The van der Waals surface area contributed by atoms with Crippen LogP contribution < -0.4 is 9.64 Å². The summed E-state index contributed by atoms with van der Waals surface area (Å²) in [4.78, 5) is 20.9. The molecule has 0 saturated carbocycles. The van der Waals surface area contributed by atoms with Gasteiger partial charge in [0.25, 0.3) is 5.91 Å². The molecule has 3 heterocycles. The lowest BCUT2D eigenvalue weighted by Gasteiger charge is -2.36. The summed E-state index contributed by atoms with van der Waals surface area (Å²) in [6.07, 6.45) is 2.82. The first kappa shape index (κ1) is 18.1. The Kier molecular flexibility index (Phi) is 5.48. The molecule has 1 atom stereocenters. The maximum Gasteiger partial charge on any atom is 0.254 e. The predicted molar refractivity (Wildman–Crippen MR) is 105 cm³/mol. The van der Waals surface area contributed by atoms with Gasteiger partial charge in [-0.15, -0.1) is 0 Å². The number of thioether (sulfide) groups is 1. The van der Waals surface area contributed by atoms with E-state index in [1.165, 1.54) is 6.07 Å². The molecule has 27 heavy (non-hydrogen) atoms. The minimum atomic E-state index is -0.224. The molecule has 0 aliphatic carbocycles. The lowest BCUT2D eigenvalue weighted by atomic mass is 10.2. The fourth-order valence-electron chi connectivity index (χ4n) is 3.42. The average Bonchev–Trinajstić information content (AvgIpc) is 3.21. The van der Waals surface area contributed by atoms with E-state index in [-0.39, 0.29) is 17.8 Å². The second kappa shape index (κ2) is 8.17. The van der Waals surface area contributed by atoms with Gasteiger partial charge in [0.1, 0.15) is 11.9 Å². The number of nitrogens with zero attached hydrogens (tertiary/aromatic N) is 3. The van der Waals surface area contributed by atoms with E-state index >= 15 is 0 Å². The molecule has 1 aromatic carbocycles. The Bertz CT molecular complexity index is 805. The van der Waals surface area contributed by atoms with Crippen molar-refractivity contribution in [2.45, 2.75) is 12.5 Å². The average molecular weight is 387 g/mol. The summed E-state index contributed by atoms with van der Waals surface area (Å²) in [7, 11) is 0. The lowest BCUT2D eigenvalue weighted by Crippen LogP contribution is -2.49. The Morgan fingerprint density at radius 3 is 2.74 bits per heavy atom. The van der Waals surface area contributed by atoms with Gasteiger partial charge in [-0.1, -0.05) is 12.1 Å². The highest BCUT2D eigenvalue weighted by molar-refractivity contribution is 7.99. The summed E-state index contributed by atoms with van der Waals surface area (Å²) in [5, 5.41) is 0. The molecular formula is C20H22FN3O2S. The van der Waals surface area contributed by atoms with E-state index < -0.39 is 0 Å². The van der Waals surface area contributed by atoms with E-state index in [0.29, 0.717) is 43.3 Å². The van der Waals surface area contributed by atoms with Gasteiger partial charge < -0.3 is 14.5 Å². The van der Waals surface area contributed by atoms with E-state index in [2.05, 4.69) is 4.98 Å². The Hall–Kier alpha value is -2.28. The van der Waals surface area contributed by atoms with Crippen molar-refractivity contribution in [1.29, 1.82) is 0 Å². The van der Waals surface area contributed by atoms with E-state index in [1.807, 2.05) is 27.6 Å². The SMILES string of the molecule is O=C(c1ccnc(O[C@H]2CCSC2)c1)N1CCN(c2ccccc2F)CC1. The van der Waals surface area contributed by atoms with Crippen molar-refractivity contribution in [2.24, 2.45) is 0 Å². The van der Waals surface area contributed by atoms with Crippen molar-refractivity contribution in [3.8, 4) is 5.88 Å². The predicted octanol–water partition coefficient (Wildman–Crippen LogP) is 3.07. The minimum Gasteiger partial charge on any atom is -0.473 e. The van der Waals surface area contributed by atoms with Crippen LogP contribution in [0.5, 0.6) is 5.88 Å². The zero-order valence-corrected chi connectivity index (χ0v) is 15.8. The number of anilines is 1. The zero-order valence-electron chi connectivity index (χ0n) is 15.0. The van der Waals surface area contributed by atoms with Crippen LogP contribution in [-0.4, -0.2) is 59.6 Å². The van der Waals surface area contributed by atoms with Crippen molar-refractivity contribution < 1.29 is 13.9 Å². The molecule has 2 saturated heterocycles. The van der Waals surface area contributed by atoms with Crippen LogP contribution in [0, 0.1) is 5.82 Å². The normalized spacial score (nSPS) is 20.0. The lowest BCUT2D eigenvalue weighted by molar-refractivity contribution is 0.0745. The topological polar surface area (TPSA) is 45.7 Å². The van der Waals surface area contributed by atoms with Crippen molar-refractivity contribution in [1.82, 2.24) is 9.88 Å². The highest BCUT2D eigenvalue weighted by atomic mass is 32.2. The standard InChI is InChI=1S/C20H22FN3O2S/c21-17-3-1-2-4-18(17)23-8-10-24(11-9-23)20(25)15-5-7-22-19(13-15)26-16-6-12-27-14-16/h1-5,7,13,16H,6,8-12,14H2/t16-/m0/s1. The number of ether oxygens (including phenoxy) is 1. The van der Waals surface area contributed by atoms with Crippen LogP contribution in [0.4, 0.5) is 10.1 Å². The van der Waals surface area contributed by atoms with Crippen molar-refractivity contribution in [3.63, 3.8) is 0 Å². The quantitative estimate of drug-likeness (QED) is 0.807. The van der Waals surface area contributed by atoms with Gasteiger partial charge in [-0.25, -0.2) is 9.37 Å². The molecular weight excluding hydrogens is 365 g/mol. The van der Waals surface area contributed by atoms with Crippen molar-refractivity contribution >= 4 is 23.4 Å². The number of pyridine rings is 1. The van der Waals surface area contributed by atoms with Crippen LogP contribution in [0.1, 0.15) is 16.8 Å². The molecule has 2 aliphatic rings. The number of benzene rings is 1. The van der Waals surface area contributed by atoms with E-state index in [1.54, 1.807) is 30.5 Å². The maximum atomic E-state index is 14.0. The Labute approximate surface area is 162 Å². The van der Waals surface area contributed by atoms with Gasteiger partial charge in [0.15, 0.2) is 0 Å². The van der Waals surface area contributed by atoms with Gasteiger partial charge in [0.2, 0.25) is 5.88 Å². The van der Waals surface area contributed by atoms with Crippen molar-refractivity contribution in [2.75, 3.05) is 42.6 Å². The molecule has 0 unspecified atom stereocenters. The third kappa shape index (κ3) is 4.18. The first-order chi connectivity index (χ1) is 13.2. The van der Waals surface area contributed by atoms with Crippen molar-refractivity contribution in [3.05, 3.63) is 54.0 Å². The summed E-state index contributed by atoms with van der Waals surface area (Å²) >= 11 is 1.87. The maximum absolute atomic E-state index is 14.0. The molecule has 7 heteroatoms. The second-order valence-corrected chi connectivity index (χ2v) is 7.87. The van der Waals surface area contributed by atoms with E-state index in [0.717, 1.165) is 17.9 Å². The first-order valence-electron chi connectivity index (χ1n) is 9.20. The molecule has 1 amide bonds. The molecule has 0 N–H and O–H groups in total. The largest absolute Gasteiger partial charge is 0.473 e. The fraction of sp³-hybridized carbons (Fsp3) is 0.400. The van der Waals surface area contributed by atoms with Gasteiger partial charge in [0, 0.05) is 49.8 Å². The van der Waals surface area contributed by atoms with E-state index in [9.17, 15) is 9.18 Å². The van der Waals surface area contributed by atoms with Gasteiger partial charge in [-0.2, -0.15) is 11.8 Å². The molecule has 5 nitrogen and oxygen atoms in total. The molecule has 142 valence electrons. The van der Waals surface area contributed by atoms with Crippen LogP contribution in [-0.2, 0) is 0 Å². The molecule has 2 aliphatic heterocycles.